The van der Waals surface area contributed by atoms with Gasteiger partial charge in [0.05, 0.1) is 12.7 Å². The fraction of sp³-hybridized carbons (Fsp3) is 0.409. The summed E-state index contributed by atoms with van der Waals surface area (Å²) in [6.45, 7) is 1.37. The minimum atomic E-state index is -0.215. The molecule has 0 saturated carbocycles. The van der Waals surface area contributed by atoms with Gasteiger partial charge in [0.15, 0.2) is 0 Å². The van der Waals surface area contributed by atoms with E-state index in [1.807, 2.05) is 31.3 Å². The normalized spacial score (nSPS) is 16.4. The smallest absolute Gasteiger partial charge is 0.253 e. The maximum absolute atomic E-state index is 12.6. The molecule has 1 amide bonds. The lowest BCUT2D eigenvalue weighted by Gasteiger charge is -2.18. The maximum atomic E-state index is 12.6. The number of aliphatic hydroxyl groups is 1. The van der Waals surface area contributed by atoms with Gasteiger partial charge in [-0.2, -0.15) is 0 Å². The number of hydrogen-bond acceptors (Lipinski definition) is 4. The van der Waals surface area contributed by atoms with Gasteiger partial charge in [0.1, 0.15) is 5.75 Å². The predicted octanol–water partition coefficient (Wildman–Crippen LogP) is 3.58. The molecule has 2 aromatic rings. The summed E-state index contributed by atoms with van der Waals surface area (Å²) in [6, 6.07) is 12.5. The van der Waals surface area contributed by atoms with E-state index < -0.39 is 0 Å². The van der Waals surface area contributed by atoms with Crippen molar-refractivity contribution in [3.63, 3.8) is 0 Å². The summed E-state index contributed by atoms with van der Waals surface area (Å²) >= 11 is 0. The number of ether oxygens (including phenoxy) is 1. The minimum Gasteiger partial charge on any atom is -0.508 e. The van der Waals surface area contributed by atoms with Crippen LogP contribution in [0.25, 0.3) is 11.1 Å². The van der Waals surface area contributed by atoms with E-state index in [0.29, 0.717) is 17.2 Å². The van der Waals surface area contributed by atoms with Crippen molar-refractivity contribution in [2.45, 2.75) is 38.4 Å². The average molecular weight is 369 g/mol. The molecule has 0 aliphatic carbocycles. The number of benzene rings is 2. The van der Waals surface area contributed by atoms with Gasteiger partial charge in [-0.05, 0) is 61.1 Å². The largest absolute Gasteiger partial charge is 0.508 e. The zero-order valence-corrected chi connectivity index (χ0v) is 15.7. The molecular formula is C22H27NO4. The first-order valence-electron chi connectivity index (χ1n) is 9.48. The molecule has 2 N–H and O–H groups in total. The summed E-state index contributed by atoms with van der Waals surface area (Å²) in [6.07, 6.45) is 4.59. The topological polar surface area (TPSA) is 70.0 Å². The van der Waals surface area contributed by atoms with E-state index in [-0.39, 0.29) is 18.3 Å². The Morgan fingerprint density at radius 3 is 2.59 bits per heavy atom. The van der Waals surface area contributed by atoms with Crippen LogP contribution in [0.4, 0.5) is 0 Å². The monoisotopic (exact) mass is 369 g/mol. The number of aliphatic hydroxyl groups excluding tert-OH is 1. The molecule has 1 fully saturated rings. The third kappa shape index (κ3) is 4.87. The quantitative estimate of drug-likeness (QED) is 0.783. The van der Waals surface area contributed by atoms with Gasteiger partial charge in [-0.25, -0.2) is 0 Å². The number of nitrogens with zero attached hydrogens (tertiary/aromatic N) is 1. The molecule has 1 aliphatic heterocycles. The summed E-state index contributed by atoms with van der Waals surface area (Å²) in [5.41, 5.74) is 2.96. The van der Waals surface area contributed by atoms with Crippen molar-refractivity contribution in [1.82, 2.24) is 4.90 Å². The highest BCUT2D eigenvalue weighted by Crippen LogP contribution is 2.26. The molecule has 0 unspecified atom stereocenters. The standard InChI is InChI=1S/C22H27NO4/c1-23(12-2-4-20-5-3-13-27-20)22(26)17-8-6-16(7-9-17)18-10-11-21(25)19(14-18)15-24/h6-11,14,20,24-25H,2-5,12-13,15H2,1H3/t20-/m0/s1. The van der Waals surface area contributed by atoms with Crippen LogP contribution in [0.15, 0.2) is 42.5 Å². The van der Waals surface area contributed by atoms with Gasteiger partial charge in [-0.15, -0.1) is 0 Å². The van der Waals surface area contributed by atoms with Crippen LogP contribution in [0.5, 0.6) is 5.75 Å². The summed E-state index contributed by atoms with van der Waals surface area (Å²) < 4.78 is 5.62. The number of hydrogen-bond donors (Lipinski definition) is 2. The van der Waals surface area contributed by atoms with E-state index in [0.717, 1.165) is 50.0 Å². The van der Waals surface area contributed by atoms with E-state index in [1.54, 1.807) is 23.1 Å². The van der Waals surface area contributed by atoms with Gasteiger partial charge in [0, 0.05) is 31.3 Å². The molecule has 3 rings (SSSR count). The average Bonchev–Trinajstić information content (AvgIpc) is 3.21. The first-order valence-corrected chi connectivity index (χ1v) is 9.48. The second-order valence-electron chi connectivity index (χ2n) is 7.08. The highest BCUT2D eigenvalue weighted by molar-refractivity contribution is 5.94. The van der Waals surface area contributed by atoms with Gasteiger partial charge >= 0.3 is 0 Å². The highest BCUT2D eigenvalue weighted by Gasteiger charge is 2.16. The molecule has 144 valence electrons. The van der Waals surface area contributed by atoms with Crippen molar-refractivity contribution in [1.29, 1.82) is 0 Å². The zero-order chi connectivity index (χ0) is 19.2. The van der Waals surface area contributed by atoms with E-state index in [4.69, 9.17) is 4.74 Å². The van der Waals surface area contributed by atoms with E-state index >= 15 is 0 Å². The Labute approximate surface area is 160 Å². The van der Waals surface area contributed by atoms with Crippen molar-refractivity contribution in [2.24, 2.45) is 0 Å². The Morgan fingerprint density at radius 2 is 1.93 bits per heavy atom. The Kier molecular flexibility index (Phi) is 6.48. The van der Waals surface area contributed by atoms with Crippen LogP contribution in [-0.4, -0.2) is 47.3 Å². The minimum absolute atomic E-state index is 0.00986. The Hall–Kier alpha value is -2.37. The molecule has 5 heteroatoms. The van der Waals surface area contributed by atoms with Gasteiger partial charge in [-0.3, -0.25) is 4.79 Å². The fourth-order valence-electron chi connectivity index (χ4n) is 3.45. The lowest BCUT2D eigenvalue weighted by atomic mass is 10.0. The Bertz CT molecular complexity index is 766. The molecular weight excluding hydrogens is 342 g/mol. The molecule has 1 saturated heterocycles. The maximum Gasteiger partial charge on any atom is 0.253 e. The van der Waals surface area contributed by atoms with Gasteiger partial charge < -0.3 is 19.8 Å². The molecule has 5 nitrogen and oxygen atoms in total. The van der Waals surface area contributed by atoms with Crippen LogP contribution < -0.4 is 0 Å². The lowest BCUT2D eigenvalue weighted by Crippen LogP contribution is -2.28. The highest BCUT2D eigenvalue weighted by atomic mass is 16.5. The van der Waals surface area contributed by atoms with Gasteiger partial charge in [0.25, 0.3) is 5.91 Å². The molecule has 0 bridgehead atoms. The van der Waals surface area contributed by atoms with Crippen molar-refractivity contribution in [2.75, 3.05) is 20.2 Å². The van der Waals surface area contributed by atoms with Crippen LogP contribution >= 0.6 is 0 Å². The van der Waals surface area contributed by atoms with E-state index in [2.05, 4.69) is 0 Å². The van der Waals surface area contributed by atoms with Crippen molar-refractivity contribution in [3.8, 4) is 16.9 Å². The van der Waals surface area contributed by atoms with Crippen LogP contribution in [0.1, 0.15) is 41.6 Å². The molecule has 0 aromatic heterocycles. The number of rotatable bonds is 7. The second kappa shape index (κ2) is 9.02. The summed E-state index contributed by atoms with van der Waals surface area (Å²) in [5, 5.41) is 19.0. The van der Waals surface area contributed by atoms with E-state index in [1.165, 1.54) is 0 Å². The number of carbonyl (C=O) groups excluding carboxylic acids is 1. The third-order valence-electron chi connectivity index (χ3n) is 5.11. The summed E-state index contributed by atoms with van der Waals surface area (Å²) in [4.78, 5) is 14.4. The predicted molar refractivity (Wildman–Crippen MR) is 105 cm³/mol. The number of amides is 1. The summed E-state index contributed by atoms with van der Waals surface area (Å²) in [5.74, 6) is 0.0910. The number of aromatic hydroxyl groups is 1. The van der Waals surface area contributed by atoms with Crippen LogP contribution in [0.2, 0.25) is 0 Å². The Balaban J connectivity index is 1.59. The van der Waals surface area contributed by atoms with Gasteiger partial charge in [-0.1, -0.05) is 18.2 Å². The van der Waals surface area contributed by atoms with E-state index in [9.17, 15) is 15.0 Å². The molecule has 1 heterocycles. The van der Waals surface area contributed by atoms with Crippen molar-refractivity contribution >= 4 is 5.91 Å². The van der Waals surface area contributed by atoms with Crippen LogP contribution in [-0.2, 0) is 11.3 Å². The number of phenols is 1. The van der Waals surface area contributed by atoms with Gasteiger partial charge in [0.2, 0.25) is 0 Å². The molecule has 1 atom stereocenters. The molecule has 1 aliphatic rings. The molecule has 0 radical (unpaired) electrons. The third-order valence-corrected chi connectivity index (χ3v) is 5.11. The van der Waals surface area contributed by atoms with Crippen molar-refractivity contribution < 1.29 is 19.7 Å². The summed E-state index contributed by atoms with van der Waals surface area (Å²) in [7, 11) is 1.83. The fourth-order valence-corrected chi connectivity index (χ4v) is 3.45. The number of carbonyl (C=O) groups is 1. The zero-order valence-electron chi connectivity index (χ0n) is 15.7. The SMILES string of the molecule is CN(CCC[C@H]1CCCO1)C(=O)c1ccc(-c2ccc(O)c(CO)c2)cc1. The Morgan fingerprint density at radius 1 is 1.19 bits per heavy atom. The first kappa shape index (κ1) is 19.4. The van der Waals surface area contributed by atoms with Crippen LogP contribution in [0.3, 0.4) is 0 Å². The first-order chi connectivity index (χ1) is 13.1. The van der Waals surface area contributed by atoms with Crippen molar-refractivity contribution in [3.05, 3.63) is 53.6 Å². The lowest BCUT2D eigenvalue weighted by molar-refractivity contribution is 0.0763. The molecule has 27 heavy (non-hydrogen) atoms. The van der Waals surface area contributed by atoms with Crippen LogP contribution in [0, 0.1) is 0 Å². The molecule has 0 spiro atoms. The second-order valence-corrected chi connectivity index (χ2v) is 7.08. The molecule has 2 aromatic carbocycles.